The van der Waals surface area contributed by atoms with Gasteiger partial charge >= 0.3 is 0 Å². The molecule has 0 heterocycles. The summed E-state index contributed by atoms with van der Waals surface area (Å²) in [6.07, 6.45) is 12.1. The second-order valence-electron chi connectivity index (χ2n) is 6.87. The predicted octanol–water partition coefficient (Wildman–Crippen LogP) is 5.57. The summed E-state index contributed by atoms with van der Waals surface area (Å²) in [5, 5.41) is 3.78. The molecule has 1 aliphatic carbocycles. The Morgan fingerprint density at radius 2 is 1.76 bits per heavy atom. The van der Waals surface area contributed by atoms with Gasteiger partial charge in [0.2, 0.25) is 0 Å². The molecule has 0 aliphatic heterocycles. The molecule has 2 unspecified atom stereocenters. The Balaban J connectivity index is 1.83. The van der Waals surface area contributed by atoms with E-state index >= 15 is 0 Å². The van der Waals surface area contributed by atoms with Crippen molar-refractivity contribution in [1.29, 1.82) is 0 Å². The lowest BCUT2D eigenvalue weighted by Crippen LogP contribution is -2.29. The molecule has 2 rings (SSSR count). The van der Waals surface area contributed by atoms with Crippen LogP contribution in [0.3, 0.4) is 0 Å². The molecule has 0 saturated heterocycles. The molecule has 21 heavy (non-hydrogen) atoms. The third-order valence-electron chi connectivity index (χ3n) is 4.90. The predicted molar refractivity (Wildman–Crippen MR) is 92.9 cm³/mol. The van der Waals surface area contributed by atoms with Crippen LogP contribution >= 0.6 is 0 Å². The van der Waals surface area contributed by atoms with Crippen LogP contribution in [-0.2, 0) is 12.8 Å². The highest BCUT2D eigenvalue weighted by Crippen LogP contribution is 2.25. The summed E-state index contributed by atoms with van der Waals surface area (Å²) < 4.78 is 0. The van der Waals surface area contributed by atoms with Gasteiger partial charge in [0.05, 0.1) is 0 Å². The van der Waals surface area contributed by atoms with E-state index in [1.165, 1.54) is 63.4 Å². The van der Waals surface area contributed by atoms with E-state index in [0.29, 0.717) is 12.1 Å². The number of hydrogen-bond donors (Lipinski definition) is 1. The van der Waals surface area contributed by atoms with Crippen molar-refractivity contribution in [3.63, 3.8) is 0 Å². The highest BCUT2D eigenvalue weighted by Gasteiger charge is 2.13. The number of unbranched alkanes of at least 4 members (excludes halogenated alkanes) is 3. The standard InChI is InChI=1S/C20H33N/c1-4-5-6-7-10-16(2)21-17(3)19-14-13-18-11-8-9-12-20(18)15-19/h13-17,21H,4-12H2,1-3H3. The molecule has 0 aromatic heterocycles. The van der Waals surface area contributed by atoms with Gasteiger partial charge in [-0.15, -0.1) is 0 Å². The third kappa shape index (κ3) is 5.14. The van der Waals surface area contributed by atoms with Crippen LogP contribution in [0.25, 0.3) is 0 Å². The van der Waals surface area contributed by atoms with E-state index < -0.39 is 0 Å². The maximum absolute atomic E-state index is 3.78. The van der Waals surface area contributed by atoms with Gasteiger partial charge in [-0.1, -0.05) is 50.8 Å². The van der Waals surface area contributed by atoms with Crippen molar-refractivity contribution in [2.75, 3.05) is 0 Å². The molecule has 0 amide bonds. The largest absolute Gasteiger partial charge is 0.308 e. The minimum atomic E-state index is 0.471. The molecule has 0 radical (unpaired) electrons. The zero-order chi connectivity index (χ0) is 15.1. The minimum Gasteiger partial charge on any atom is -0.308 e. The Bertz CT molecular complexity index is 424. The normalized spacial score (nSPS) is 17.3. The summed E-state index contributed by atoms with van der Waals surface area (Å²) >= 11 is 0. The van der Waals surface area contributed by atoms with E-state index in [0.717, 1.165) is 0 Å². The number of nitrogens with one attached hydrogen (secondary N) is 1. The lowest BCUT2D eigenvalue weighted by Gasteiger charge is -2.23. The van der Waals surface area contributed by atoms with Crippen LogP contribution in [0.1, 0.15) is 88.4 Å². The summed E-state index contributed by atoms with van der Waals surface area (Å²) in [6.45, 7) is 6.92. The second-order valence-corrected chi connectivity index (χ2v) is 6.87. The van der Waals surface area contributed by atoms with Gasteiger partial charge in [-0.05, 0) is 62.6 Å². The first kappa shape index (κ1) is 16.5. The van der Waals surface area contributed by atoms with Crippen LogP contribution in [0.2, 0.25) is 0 Å². The maximum Gasteiger partial charge on any atom is 0.0294 e. The van der Waals surface area contributed by atoms with Crippen molar-refractivity contribution in [3.05, 3.63) is 34.9 Å². The summed E-state index contributed by atoms with van der Waals surface area (Å²) in [6, 6.07) is 8.25. The van der Waals surface area contributed by atoms with E-state index in [-0.39, 0.29) is 0 Å². The Morgan fingerprint density at radius 3 is 2.52 bits per heavy atom. The topological polar surface area (TPSA) is 12.0 Å². The van der Waals surface area contributed by atoms with E-state index in [9.17, 15) is 0 Å². The van der Waals surface area contributed by atoms with Gasteiger partial charge in [-0.3, -0.25) is 0 Å². The molecule has 1 aromatic rings. The zero-order valence-corrected chi connectivity index (χ0v) is 14.3. The number of rotatable bonds is 8. The van der Waals surface area contributed by atoms with E-state index in [2.05, 4.69) is 44.3 Å². The molecular formula is C20H33N. The van der Waals surface area contributed by atoms with Crippen molar-refractivity contribution in [2.24, 2.45) is 0 Å². The van der Waals surface area contributed by atoms with Gasteiger partial charge in [-0.2, -0.15) is 0 Å². The van der Waals surface area contributed by atoms with Crippen molar-refractivity contribution >= 4 is 0 Å². The Kier molecular flexibility index (Phi) is 6.76. The van der Waals surface area contributed by atoms with Crippen molar-refractivity contribution in [3.8, 4) is 0 Å². The molecule has 1 aliphatic rings. The molecule has 118 valence electrons. The Hall–Kier alpha value is -0.820. The van der Waals surface area contributed by atoms with Gasteiger partial charge in [0, 0.05) is 12.1 Å². The van der Waals surface area contributed by atoms with Crippen LogP contribution in [0.4, 0.5) is 0 Å². The summed E-state index contributed by atoms with van der Waals surface area (Å²) in [7, 11) is 0. The van der Waals surface area contributed by atoms with Crippen molar-refractivity contribution in [2.45, 2.75) is 90.6 Å². The van der Waals surface area contributed by atoms with Gasteiger partial charge in [-0.25, -0.2) is 0 Å². The van der Waals surface area contributed by atoms with Gasteiger partial charge in [0.1, 0.15) is 0 Å². The SMILES string of the molecule is CCCCCCC(C)NC(C)c1ccc2c(c1)CCCC2. The molecule has 0 fully saturated rings. The van der Waals surface area contributed by atoms with Crippen LogP contribution in [0.15, 0.2) is 18.2 Å². The first-order valence-electron chi connectivity index (χ1n) is 9.08. The lowest BCUT2D eigenvalue weighted by atomic mass is 9.89. The fraction of sp³-hybridized carbons (Fsp3) is 0.700. The number of benzene rings is 1. The Morgan fingerprint density at radius 1 is 1.00 bits per heavy atom. The number of aryl methyl sites for hydroxylation is 2. The van der Waals surface area contributed by atoms with E-state index in [1.807, 2.05) is 0 Å². The molecule has 0 bridgehead atoms. The summed E-state index contributed by atoms with van der Waals surface area (Å²) in [4.78, 5) is 0. The average Bonchev–Trinajstić information content (AvgIpc) is 2.51. The highest BCUT2D eigenvalue weighted by molar-refractivity contribution is 5.35. The van der Waals surface area contributed by atoms with Crippen molar-refractivity contribution < 1.29 is 0 Å². The minimum absolute atomic E-state index is 0.471. The third-order valence-corrected chi connectivity index (χ3v) is 4.90. The molecule has 1 nitrogen and oxygen atoms in total. The first-order valence-corrected chi connectivity index (χ1v) is 9.08. The van der Waals surface area contributed by atoms with Gasteiger partial charge in [0.15, 0.2) is 0 Å². The van der Waals surface area contributed by atoms with E-state index in [4.69, 9.17) is 0 Å². The molecule has 1 aromatic carbocycles. The molecule has 1 N–H and O–H groups in total. The maximum atomic E-state index is 3.78. The van der Waals surface area contributed by atoms with Crippen molar-refractivity contribution in [1.82, 2.24) is 5.32 Å². The van der Waals surface area contributed by atoms with Gasteiger partial charge < -0.3 is 5.32 Å². The van der Waals surface area contributed by atoms with Crippen LogP contribution in [-0.4, -0.2) is 6.04 Å². The number of hydrogen-bond acceptors (Lipinski definition) is 1. The van der Waals surface area contributed by atoms with Crippen LogP contribution < -0.4 is 5.32 Å². The van der Waals surface area contributed by atoms with Crippen LogP contribution in [0.5, 0.6) is 0 Å². The second kappa shape index (κ2) is 8.58. The molecule has 1 heteroatoms. The smallest absolute Gasteiger partial charge is 0.0294 e. The zero-order valence-electron chi connectivity index (χ0n) is 14.3. The fourth-order valence-electron chi connectivity index (χ4n) is 3.51. The van der Waals surface area contributed by atoms with Gasteiger partial charge in [0.25, 0.3) is 0 Å². The Labute approximate surface area is 131 Å². The highest BCUT2D eigenvalue weighted by atomic mass is 14.9. The molecular weight excluding hydrogens is 254 g/mol. The lowest BCUT2D eigenvalue weighted by molar-refractivity contribution is 0.437. The van der Waals surface area contributed by atoms with Crippen LogP contribution in [0, 0.1) is 0 Å². The molecule has 0 saturated carbocycles. The summed E-state index contributed by atoms with van der Waals surface area (Å²) in [5.41, 5.74) is 4.66. The summed E-state index contributed by atoms with van der Waals surface area (Å²) in [5.74, 6) is 0. The fourth-order valence-corrected chi connectivity index (χ4v) is 3.51. The quantitative estimate of drug-likeness (QED) is 0.616. The molecule has 2 atom stereocenters. The average molecular weight is 287 g/mol. The monoisotopic (exact) mass is 287 g/mol. The number of fused-ring (bicyclic) bond motifs is 1. The van der Waals surface area contributed by atoms with E-state index in [1.54, 1.807) is 11.1 Å². The first-order chi connectivity index (χ1) is 10.2. The molecule has 0 spiro atoms.